The van der Waals surface area contributed by atoms with Crippen LogP contribution in [0.5, 0.6) is 0 Å². The van der Waals surface area contributed by atoms with Gasteiger partial charge < -0.3 is 15.4 Å². The Morgan fingerprint density at radius 1 is 1.32 bits per heavy atom. The first-order valence-corrected chi connectivity index (χ1v) is 6.86. The predicted molar refractivity (Wildman–Crippen MR) is 78.4 cm³/mol. The third kappa shape index (κ3) is 7.41. The minimum atomic E-state index is 0.660. The maximum Gasteiger partial charge on any atom is 0.191 e. The Kier molecular flexibility index (Phi) is 8.38. The van der Waals surface area contributed by atoms with E-state index in [9.17, 15) is 0 Å². The van der Waals surface area contributed by atoms with Crippen molar-refractivity contribution >= 4 is 5.96 Å². The summed E-state index contributed by atoms with van der Waals surface area (Å²) in [5, 5.41) is 6.50. The summed E-state index contributed by atoms with van der Waals surface area (Å²) in [6.45, 7) is 7.78. The van der Waals surface area contributed by atoms with E-state index in [1.807, 2.05) is 31.3 Å². The van der Waals surface area contributed by atoms with Gasteiger partial charge in [-0.1, -0.05) is 6.07 Å². The second-order valence-electron chi connectivity index (χ2n) is 3.96. The minimum Gasteiger partial charge on any atom is -0.380 e. The number of aliphatic imine (C=N–C) groups is 1. The van der Waals surface area contributed by atoms with Gasteiger partial charge in [0, 0.05) is 38.0 Å². The number of pyridine rings is 1. The van der Waals surface area contributed by atoms with Crippen LogP contribution in [0.2, 0.25) is 0 Å². The van der Waals surface area contributed by atoms with Crippen LogP contribution in [0, 0.1) is 0 Å². The highest BCUT2D eigenvalue weighted by atomic mass is 16.5. The van der Waals surface area contributed by atoms with Crippen molar-refractivity contribution in [2.45, 2.75) is 20.3 Å². The number of guanidine groups is 1. The Morgan fingerprint density at radius 3 is 2.89 bits per heavy atom. The summed E-state index contributed by atoms with van der Waals surface area (Å²) in [7, 11) is 0. The first-order chi connectivity index (χ1) is 9.36. The molecular formula is C14H24N4O. The van der Waals surface area contributed by atoms with Gasteiger partial charge in [0.15, 0.2) is 5.96 Å². The highest BCUT2D eigenvalue weighted by molar-refractivity contribution is 5.79. The number of hydrogen-bond donors (Lipinski definition) is 2. The van der Waals surface area contributed by atoms with E-state index in [1.165, 1.54) is 0 Å². The summed E-state index contributed by atoms with van der Waals surface area (Å²) in [6, 6.07) is 5.96. The minimum absolute atomic E-state index is 0.660. The van der Waals surface area contributed by atoms with Gasteiger partial charge in [0.2, 0.25) is 0 Å². The van der Waals surface area contributed by atoms with Gasteiger partial charge in [-0.15, -0.1) is 0 Å². The highest BCUT2D eigenvalue weighted by Gasteiger charge is 1.97. The molecule has 1 aromatic rings. The predicted octanol–water partition coefficient (Wildman–Crippen LogP) is 1.22. The lowest BCUT2D eigenvalue weighted by Gasteiger charge is -2.11. The Hall–Kier alpha value is -1.62. The average molecular weight is 264 g/mol. The molecule has 1 heterocycles. The molecule has 2 N–H and O–H groups in total. The van der Waals surface area contributed by atoms with Crippen molar-refractivity contribution in [3.8, 4) is 0 Å². The number of aromatic nitrogens is 1. The molecule has 0 saturated carbocycles. The van der Waals surface area contributed by atoms with E-state index in [0.717, 1.165) is 37.8 Å². The molecule has 0 aromatic carbocycles. The summed E-state index contributed by atoms with van der Waals surface area (Å²) in [5.41, 5.74) is 1.08. The van der Waals surface area contributed by atoms with Crippen molar-refractivity contribution in [3.63, 3.8) is 0 Å². The third-order valence-corrected chi connectivity index (χ3v) is 2.45. The molecule has 106 valence electrons. The normalized spacial score (nSPS) is 11.4. The smallest absolute Gasteiger partial charge is 0.191 e. The summed E-state index contributed by atoms with van der Waals surface area (Å²) in [6.07, 6.45) is 2.70. The van der Waals surface area contributed by atoms with Crippen LogP contribution in [0.1, 0.15) is 19.5 Å². The van der Waals surface area contributed by atoms with Gasteiger partial charge in [-0.3, -0.25) is 9.98 Å². The van der Waals surface area contributed by atoms with Crippen molar-refractivity contribution in [2.24, 2.45) is 4.99 Å². The first-order valence-electron chi connectivity index (χ1n) is 6.86. The fourth-order valence-corrected chi connectivity index (χ4v) is 1.56. The molecule has 0 fully saturated rings. The molecule has 1 aromatic heterocycles. The molecule has 0 aliphatic heterocycles. The number of ether oxygens (including phenoxy) is 1. The largest absolute Gasteiger partial charge is 0.380 e. The van der Waals surface area contributed by atoms with E-state index in [2.05, 4.69) is 27.5 Å². The lowest BCUT2D eigenvalue weighted by atomic mass is 10.3. The van der Waals surface area contributed by atoms with Crippen LogP contribution >= 0.6 is 0 Å². The molecule has 0 saturated heterocycles. The summed E-state index contributed by atoms with van der Waals surface area (Å²) in [4.78, 5) is 8.72. The maximum absolute atomic E-state index is 5.26. The number of hydrogen-bond acceptors (Lipinski definition) is 3. The maximum atomic E-state index is 5.26. The molecule has 0 amide bonds. The van der Waals surface area contributed by atoms with Gasteiger partial charge >= 0.3 is 0 Å². The summed E-state index contributed by atoms with van der Waals surface area (Å²) < 4.78 is 5.26. The SMILES string of the molecule is CCNC(=NCCOCC)NCCc1ccccn1. The quantitative estimate of drug-likeness (QED) is 0.421. The lowest BCUT2D eigenvalue weighted by Crippen LogP contribution is -2.38. The van der Waals surface area contributed by atoms with Crippen LogP contribution in [0.15, 0.2) is 29.4 Å². The van der Waals surface area contributed by atoms with Crippen LogP contribution in [0.3, 0.4) is 0 Å². The van der Waals surface area contributed by atoms with Crippen LogP contribution in [0.4, 0.5) is 0 Å². The first kappa shape index (κ1) is 15.4. The second kappa shape index (κ2) is 10.3. The molecule has 0 unspecified atom stereocenters. The zero-order chi connectivity index (χ0) is 13.8. The molecule has 0 radical (unpaired) electrons. The Balaban J connectivity index is 2.28. The summed E-state index contributed by atoms with van der Waals surface area (Å²) >= 11 is 0. The molecule has 5 nitrogen and oxygen atoms in total. The summed E-state index contributed by atoms with van der Waals surface area (Å²) in [5.74, 6) is 0.832. The number of nitrogens with zero attached hydrogens (tertiary/aromatic N) is 2. The van der Waals surface area contributed by atoms with Gasteiger partial charge in [0.1, 0.15) is 0 Å². The van der Waals surface area contributed by atoms with Gasteiger partial charge in [-0.05, 0) is 26.0 Å². The van der Waals surface area contributed by atoms with Gasteiger partial charge in [0.05, 0.1) is 13.2 Å². The van der Waals surface area contributed by atoms with Crippen molar-refractivity contribution < 1.29 is 4.74 Å². The van der Waals surface area contributed by atoms with E-state index in [4.69, 9.17) is 4.74 Å². The van der Waals surface area contributed by atoms with Gasteiger partial charge in [-0.2, -0.15) is 0 Å². The molecule has 0 bridgehead atoms. The Morgan fingerprint density at radius 2 is 2.21 bits per heavy atom. The standard InChI is InChI=1S/C14H24N4O/c1-3-15-14(18-11-12-19-4-2)17-10-8-13-7-5-6-9-16-13/h5-7,9H,3-4,8,10-12H2,1-2H3,(H2,15,17,18). The zero-order valence-electron chi connectivity index (χ0n) is 11.9. The second-order valence-corrected chi connectivity index (χ2v) is 3.96. The molecule has 0 atom stereocenters. The lowest BCUT2D eigenvalue weighted by molar-refractivity contribution is 0.155. The van der Waals surface area contributed by atoms with Crippen LogP contribution in [-0.2, 0) is 11.2 Å². The van der Waals surface area contributed by atoms with Crippen molar-refractivity contribution in [1.82, 2.24) is 15.6 Å². The van der Waals surface area contributed by atoms with E-state index in [1.54, 1.807) is 0 Å². The average Bonchev–Trinajstić information content (AvgIpc) is 2.44. The van der Waals surface area contributed by atoms with Crippen molar-refractivity contribution in [1.29, 1.82) is 0 Å². The van der Waals surface area contributed by atoms with Crippen LogP contribution < -0.4 is 10.6 Å². The van der Waals surface area contributed by atoms with E-state index < -0.39 is 0 Å². The topological polar surface area (TPSA) is 58.5 Å². The van der Waals surface area contributed by atoms with Crippen molar-refractivity contribution in [2.75, 3.05) is 32.8 Å². The van der Waals surface area contributed by atoms with Crippen LogP contribution in [0.25, 0.3) is 0 Å². The van der Waals surface area contributed by atoms with E-state index >= 15 is 0 Å². The molecule has 19 heavy (non-hydrogen) atoms. The molecule has 5 heteroatoms. The molecule has 0 aliphatic carbocycles. The molecule has 0 aliphatic rings. The van der Waals surface area contributed by atoms with E-state index in [-0.39, 0.29) is 0 Å². The Bertz CT molecular complexity index is 354. The number of rotatable bonds is 8. The molecule has 0 spiro atoms. The zero-order valence-corrected chi connectivity index (χ0v) is 11.9. The Labute approximate surface area is 115 Å². The number of nitrogens with one attached hydrogen (secondary N) is 2. The van der Waals surface area contributed by atoms with E-state index in [0.29, 0.717) is 13.2 Å². The monoisotopic (exact) mass is 264 g/mol. The molecular weight excluding hydrogens is 240 g/mol. The highest BCUT2D eigenvalue weighted by Crippen LogP contribution is 1.92. The fraction of sp³-hybridized carbons (Fsp3) is 0.571. The van der Waals surface area contributed by atoms with Gasteiger partial charge in [0.25, 0.3) is 0 Å². The van der Waals surface area contributed by atoms with Gasteiger partial charge in [-0.25, -0.2) is 0 Å². The molecule has 1 rings (SSSR count). The van der Waals surface area contributed by atoms with Crippen LogP contribution in [-0.4, -0.2) is 43.8 Å². The van der Waals surface area contributed by atoms with Crippen molar-refractivity contribution in [3.05, 3.63) is 30.1 Å². The third-order valence-electron chi connectivity index (χ3n) is 2.45. The fourth-order valence-electron chi connectivity index (χ4n) is 1.56.